The van der Waals surface area contributed by atoms with Crippen molar-refractivity contribution in [2.75, 3.05) is 33.0 Å². The lowest BCUT2D eigenvalue weighted by atomic mass is 9.84. The second-order valence-corrected chi connectivity index (χ2v) is 6.08. The van der Waals surface area contributed by atoms with Gasteiger partial charge in [0.05, 0.1) is 26.4 Å². The topological polar surface area (TPSA) is 27.7 Å². The van der Waals surface area contributed by atoms with E-state index in [1.54, 1.807) is 0 Å². The van der Waals surface area contributed by atoms with Gasteiger partial charge in [-0.2, -0.15) is 0 Å². The van der Waals surface area contributed by atoms with Gasteiger partial charge in [0, 0.05) is 12.0 Å². The molecule has 122 valence electrons. The van der Waals surface area contributed by atoms with Crippen LogP contribution in [-0.2, 0) is 9.47 Å². The van der Waals surface area contributed by atoms with Crippen molar-refractivity contribution >= 4 is 6.08 Å². The largest absolute Gasteiger partial charge is 0.494 e. The predicted octanol–water partition coefficient (Wildman–Crippen LogP) is 4.32. The van der Waals surface area contributed by atoms with E-state index in [1.165, 1.54) is 0 Å². The molecule has 0 aromatic heterocycles. The zero-order chi connectivity index (χ0) is 15.7. The standard InChI is InChI=1S/C19H28O3/c1-3-17-8-10-18(11-9-17)22-13-7-5-6-12-20-14-19(4-2)15-21-16-19/h3,8-11H,1,4-7,12-16H2,2H3. The third-order valence-electron chi connectivity index (χ3n) is 4.29. The lowest BCUT2D eigenvalue weighted by Crippen LogP contribution is -2.45. The summed E-state index contributed by atoms with van der Waals surface area (Å²) in [4.78, 5) is 0. The first kappa shape index (κ1) is 17.0. The molecule has 0 aliphatic carbocycles. The first-order chi connectivity index (χ1) is 10.8. The van der Waals surface area contributed by atoms with E-state index >= 15 is 0 Å². The van der Waals surface area contributed by atoms with Gasteiger partial charge in [0.1, 0.15) is 5.75 Å². The van der Waals surface area contributed by atoms with Crippen LogP contribution in [0, 0.1) is 5.41 Å². The Labute approximate surface area is 134 Å². The van der Waals surface area contributed by atoms with E-state index in [0.717, 1.165) is 70.0 Å². The van der Waals surface area contributed by atoms with Gasteiger partial charge in [-0.1, -0.05) is 31.7 Å². The summed E-state index contributed by atoms with van der Waals surface area (Å²) in [7, 11) is 0. The number of rotatable bonds is 11. The fourth-order valence-corrected chi connectivity index (χ4v) is 2.44. The summed E-state index contributed by atoms with van der Waals surface area (Å²) in [6, 6.07) is 8.02. The van der Waals surface area contributed by atoms with E-state index in [1.807, 2.05) is 30.3 Å². The molecular formula is C19H28O3. The van der Waals surface area contributed by atoms with Crippen LogP contribution in [0.2, 0.25) is 0 Å². The van der Waals surface area contributed by atoms with Crippen molar-refractivity contribution in [1.29, 1.82) is 0 Å². The van der Waals surface area contributed by atoms with E-state index in [2.05, 4.69) is 13.5 Å². The second kappa shape index (κ2) is 8.96. The van der Waals surface area contributed by atoms with Crippen LogP contribution in [0.1, 0.15) is 38.2 Å². The lowest BCUT2D eigenvalue weighted by Gasteiger charge is -2.40. The molecule has 1 aliphatic heterocycles. The second-order valence-electron chi connectivity index (χ2n) is 6.08. The number of hydrogen-bond donors (Lipinski definition) is 0. The molecule has 0 spiro atoms. The fraction of sp³-hybridized carbons (Fsp3) is 0.579. The van der Waals surface area contributed by atoms with Gasteiger partial charge < -0.3 is 14.2 Å². The first-order valence-corrected chi connectivity index (χ1v) is 8.29. The van der Waals surface area contributed by atoms with E-state index < -0.39 is 0 Å². The molecule has 1 heterocycles. The number of hydrogen-bond acceptors (Lipinski definition) is 3. The summed E-state index contributed by atoms with van der Waals surface area (Å²) < 4.78 is 16.8. The SMILES string of the molecule is C=Cc1ccc(OCCCCCOCC2(CC)COC2)cc1. The van der Waals surface area contributed by atoms with Gasteiger partial charge >= 0.3 is 0 Å². The predicted molar refractivity (Wildman–Crippen MR) is 90.2 cm³/mol. The summed E-state index contributed by atoms with van der Waals surface area (Å²) in [5.41, 5.74) is 1.42. The fourth-order valence-electron chi connectivity index (χ4n) is 2.44. The highest BCUT2D eigenvalue weighted by atomic mass is 16.5. The Kier molecular flexibility index (Phi) is 6.94. The number of benzene rings is 1. The van der Waals surface area contributed by atoms with Crippen LogP contribution in [-0.4, -0.2) is 33.0 Å². The van der Waals surface area contributed by atoms with Crippen LogP contribution < -0.4 is 4.74 Å². The van der Waals surface area contributed by atoms with Crippen molar-refractivity contribution in [2.45, 2.75) is 32.6 Å². The molecular weight excluding hydrogens is 276 g/mol. The molecule has 0 bridgehead atoms. The molecule has 0 N–H and O–H groups in total. The van der Waals surface area contributed by atoms with Gasteiger partial charge in [0.25, 0.3) is 0 Å². The van der Waals surface area contributed by atoms with E-state index in [4.69, 9.17) is 14.2 Å². The van der Waals surface area contributed by atoms with Crippen molar-refractivity contribution in [3.63, 3.8) is 0 Å². The highest BCUT2D eigenvalue weighted by Crippen LogP contribution is 2.31. The molecule has 0 saturated carbocycles. The van der Waals surface area contributed by atoms with Crippen molar-refractivity contribution in [3.8, 4) is 5.75 Å². The van der Waals surface area contributed by atoms with Gasteiger partial charge in [-0.3, -0.25) is 0 Å². The normalized spacial score (nSPS) is 16.0. The van der Waals surface area contributed by atoms with Crippen molar-refractivity contribution in [3.05, 3.63) is 36.4 Å². The molecule has 1 aromatic rings. The van der Waals surface area contributed by atoms with Crippen LogP contribution >= 0.6 is 0 Å². The molecule has 1 aromatic carbocycles. The van der Waals surface area contributed by atoms with Gasteiger partial charge in [-0.05, 0) is 43.4 Å². The first-order valence-electron chi connectivity index (χ1n) is 8.29. The Hall–Kier alpha value is -1.32. The highest BCUT2D eigenvalue weighted by Gasteiger charge is 2.36. The molecule has 1 aliphatic rings. The minimum Gasteiger partial charge on any atom is -0.494 e. The molecule has 2 rings (SSSR count). The molecule has 0 radical (unpaired) electrons. The van der Waals surface area contributed by atoms with Crippen molar-refractivity contribution in [1.82, 2.24) is 0 Å². The summed E-state index contributed by atoms with van der Waals surface area (Å²) in [6.07, 6.45) is 6.28. The number of ether oxygens (including phenoxy) is 3. The monoisotopic (exact) mass is 304 g/mol. The maximum Gasteiger partial charge on any atom is 0.119 e. The molecule has 0 atom stereocenters. The van der Waals surface area contributed by atoms with Gasteiger partial charge in [0.15, 0.2) is 0 Å². The van der Waals surface area contributed by atoms with E-state index in [0.29, 0.717) is 5.41 Å². The van der Waals surface area contributed by atoms with E-state index in [9.17, 15) is 0 Å². The highest BCUT2D eigenvalue weighted by molar-refractivity contribution is 5.48. The molecule has 0 unspecified atom stereocenters. The summed E-state index contributed by atoms with van der Waals surface area (Å²) in [5.74, 6) is 0.928. The maximum absolute atomic E-state index is 5.79. The maximum atomic E-state index is 5.79. The van der Waals surface area contributed by atoms with Crippen LogP contribution in [0.15, 0.2) is 30.8 Å². The van der Waals surface area contributed by atoms with E-state index in [-0.39, 0.29) is 0 Å². The Balaban J connectivity index is 1.46. The summed E-state index contributed by atoms with van der Waals surface area (Å²) in [6.45, 7) is 10.1. The third kappa shape index (κ3) is 5.15. The van der Waals surface area contributed by atoms with Gasteiger partial charge in [-0.15, -0.1) is 0 Å². The van der Waals surface area contributed by atoms with Gasteiger partial charge in [-0.25, -0.2) is 0 Å². The Morgan fingerprint density at radius 2 is 1.86 bits per heavy atom. The molecule has 1 saturated heterocycles. The summed E-state index contributed by atoms with van der Waals surface area (Å²) >= 11 is 0. The Morgan fingerprint density at radius 3 is 2.45 bits per heavy atom. The molecule has 3 heteroatoms. The third-order valence-corrected chi connectivity index (χ3v) is 4.29. The van der Waals surface area contributed by atoms with Crippen LogP contribution in [0.4, 0.5) is 0 Å². The average molecular weight is 304 g/mol. The smallest absolute Gasteiger partial charge is 0.119 e. The lowest BCUT2D eigenvalue weighted by molar-refractivity contribution is -0.150. The van der Waals surface area contributed by atoms with Crippen LogP contribution in [0.25, 0.3) is 6.08 Å². The quantitative estimate of drug-likeness (QED) is 0.570. The Bertz CT molecular complexity index is 429. The van der Waals surface area contributed by atoms with Crippen molar-refractivity contribution in [2.24, 2.45) is 5.41 Å². The van der Waals surface area contributed by atoms with Gasteiger partial charge in [0.2, 0.25) is 0 Å². The minimum atomic E-state index is 0.306. The zero-order valence-corrected chi connectivity index (χ0v) is 13.7. The Morgan fingerprint density at radius 1 is 1.14 bits per heavy atom. The zero-order valence-electron chi connectivity index (χ0n) is 13.7. The molecule has 0 amide bonds. The molecule has 1 fully saturated rings. The van der Waals surface area contributed by atoms with Crippen molar-refractivity contribution < 1.29 is 14.2 Å². The van der Waals surface area contributed by atoms with Crippen LogP contribution in [0.5, 0.6) is 5.75 Å². The number of unbranched alkanes of at least 4 members (excludes halogenated alkanes) is 2. The minimum absolute atomic E-state index is 0.306. The average Bonchev–Trinajstić information content (AvgIpc) is 2.52. The summed E-state index contributed by atoms with van der Waals surface area (Å²) in [5, 5.41) is 0. The van der Waals surface area contributed by atoms with Crippen LogP contribution in [0.3, 0.4) is 0 Å². The molecule has 3 nitrogen and oxygen atoms in total. The molecule has 22 heavy (non-hydrogen) atoms.